The molecule has 0 aliphatic carbocycles. The second-order valence-electron chi connectivity index (χ2n) is 4.67. The van der Waals surface area contributed by atoms with Crippen molar-refractivity contribution in [1.82, 2.24) is 9.97 Å². The van der Waals surface area contributed by atoms with Gasteiger partial charge in [-0.25, -0.2) is 9.97 Å². The summed E-state index contributed by atoms with van der Waals surface area (Å²) >= 11 is 0. The van der Waals surface area contributed by atoms with Crippen LogP contribution < -0.4 is 10.6 Å². The normalized spacial score (nSPS) is 11.2. The molecular weight excluding hydrogens is 236 g/mol. The summed E-state index contributed by atoms with van der Waals surface area (Å²) in [5.41, 5.74) is 6.76. The summed E-state index contributed by atoms with van der Waals surface area (Å²) in [6.07, 6.45) is 3.83. The van der Waals surface area contributed by atoms with Crippen molar-refractivity contribution in [2.24, 2.45) is 5.73 Å². The fraction of sp³-hybridized carbons (Fsp3) is 0.467. The highest BCUT2D eigenvalue weighted by Gasteiger charge is 2.18. The zero-order valence-corrected chi connectivity index (χ0v) is 11.7. The van der Waals surface area contributed by atoms with Gasteiger partial charge in [0.05, 0.1) is 5.52 Å². The van der Waals surface area contributed by atoms with E-state index in [1.165, 1.54) is 0 Å². The molecule has 2 aromatic rings. The lowest BCUT2D eigenvalue weighted by molar-refractivity contribution is 0.555. The highest BCUT2D eigenvalue weighted by molar-refractivity contribution is 5.89. The Kier molecular flexibility index (Phi) is 4.68. The van der Waals surface area contributed by atoms with Crippen LogP contribution in [0.2, 0.25) is 0 Å². The molecule has 0 fully saturated rings. The monoisotopic (exact) mass is 258 g/mol. The van der Waals surface area contributed by atoms with Crippen LogP contribution in [-0.4, -0.2) is 29.1 Å². The van der Waals surface area contributed by atoms with Crippen molar-refractivity contribution in [3.63, 3.8) is 0 Å². The number of hydrogen-bond donors (Lipinski definition) is 1. The maximum atomic E-state index is 5.77. The van der Waals surface area contributed by atoms with Crippen LogP contribution in [0.15, 0.2) is 30.6 Å². The molecule has 4 nitrogen and oxygen atoms in total. The Balaban J connectivity index is 2.49. The number of benzene rings is 1. The van der Waals surface area contributed by atoms with Gasteiger partial charge in [0.2, 0.25) is 0 Å². The molecular formula is C15H22N4. The molecule has 0 saturated heterocycles. The molecule has 102 valence electrons. The van der Waals surface area contributed by atoms with Crippen LogP contribution in [-0.2, 0) is 0 Å². The van der Waals surface area contributed by atoms with Crippen LogP contribution in [0, 0.1) is 0 Å². The van der Waals surface area contributed by atoms with Gasteiger partial charge in [0.25, 0.3) is 0 Å². The molecule has 1 heterocycles. The highest BCUT2D eigenvalue weighted by atomic mass is 15.2. The van der Waals surface area contributed by atoms with E-state index in [2.05, 4.69) is 34.8 Å². The van der Waals surface area contributed by atoms with E-state index >= 15 is 0 Å². The Bertz CT molecular complexity index is 517. The van der Waals surface area contributed by atoms with Crippen LogP contribution >= 0.6 is 0 Å². The van der Waals surface area contributed by atoms with Gasteiger partial charge < -0.3 is 10.6 Å². The SMILES string of the molecule is CCC(CC)N(CCN)c1ncnc2ccccc12. The second kappa shape index (κ2) is 6.48. The van der Waals surface area contributed by atoms with Gasteiger partial charge in [-0.2, -0.15) is 0 Å². The first-order chi connectivity index (χ1) is 9.31. The Morgan fingerprint density at radius 3 is 2.58 bits per heavy atom. The maximum Gasteiger partial charge on any atom is 0.140 e. The van der Waals surface area contributed by atoms with E-state index in [1.807, 2.05) is 18.2 Å². The van der Waals surface area contributed by atoms with E-state index < -0.39 is 0 Å². The molecule has 4 heteroatoms. The third-order valence-electron chi connectivity index (χ3n) is 3.55. The molecule has 0 unspecified atom stereocenters. The van der Waals surface area contributed by atoms with Gasteiger partial charge >= 0.3 is 0 Å². The number of nitrogens with zero attached hydrogens (tertiary/aromatic N) is 3. The van der Waals surface area contributed by atoms with Crippen LogP contribution in [0.5, 0.6) is 0 Å². The largest absolute Gasteiger partial charge is 0.352 e. The standard InChI is InChI=1S/C15H22N4/c1-3-12(4-2)19(10-9-16)15-13-7-5-6-8-14(13)17-11-18-15/h5-8,11-12H,3-4,9-10,16H2,1-2H3. The number of para-hydroxylation sites is 1. The van der Waals surface area contributed by atoms with Crippen molar-refractivity contribution >= 4 is 16.7 Å². The van der Waals surface area contributed by atoms with Crippen LogP contribution in [0.25, 0.3) is 10.9 Å². The van der Waals surface area contributed by atoms with Gasteiger partial charge in [-0.05, 0) is 25.0 Å². The molecule has 1 aromatic carbocycles. The summed E-state index contributed by atoms with van der Waals surface area (Å²) in [5, 5.41) is 1.10. The summed E-state index contributed by atoms with van der Waals surface area (Å²) in [6.45, 7) is 5.88. The number of aromatic nitrogens is 2. The minimum atomic E-state index is 0.474. The Labute approximate surface area is 114 Å². The molecule has 0 aliphatic heterocycles. The topological polar surface area (TPSA) is 55.0 Å². The third kappa shape index (κ3) is 2.84. The van der Waals surface area contributed by atoms with E-state index in [4.69, 9.17) is 5.73 Å². The average Bonchev–Trinajstić information content (AvgIpc) is 2.47. The molecule has 0 amide bonds. The summed E-state index contributed by atoms with van der Waals surface area (Å²) in [5.74, 6) is 1.00. The van der Waals surface area contributed by atoms with Crippen LogP contribution in [0.3, 0.4) is 0 Å². The van der Waals surface area contributed by atoms with Gasteiger partial charge in [0, 0.05) is 24.5 Å². The van der Waals surface area contributed by atoms with Crippen LogP contribution in [0.1, 0.15) is 26.7 Å². The summed E-state index contributed by atoms with van der Waals surface area (Å²) in [4.78, 5) is 11.2. The molecule has 0 bridgehead atoms. The summed E-state index contributed by atoms with van der Waals surface area (Å²) in [7, 11) is 0. The van der Waals surface area contributed by atoms with Crippen molar-refractivity contribution < 1.29 is 0 Å². The molecule has 19 heavy (non-hydrogen) atoms. The molecule has 0 atom stereocenters. The zero-order valence-electron chi connectivity index (χ0n) is 11.7. The summed E-state index contributed by atoms with van der Waals surface area (Å²) < 4.78 is 0. The average molecular weight is 258 g/mol. The lowest BCUT2D eigenvalue weighted by Gasteiger charge is -2.31. The van der Waals surface area contributed by atoms with Gasteiger partial charge in [-0.3, -0.25) is 0 Å². The Morgan fingerprint density at radius 2 is 1.89 bits per heavy atom. The number of hydrogen-bond acceptors (Lipinski definition) is 4. The first-order valence-electron chi connectivity index (χ1n) is 6.98. The Hall–Kier alpha value is -1.68. The number of fused-ring (bicyclic) bond motifs is 1. The molecule has 0 spiro atoms. The van der Waals surface area contributed by atoms with Crippen molar-refractivity contribution in [3.8, 4) is 0 Å². The van der Waals surface area contributed by atoms with Gasteiger partial charge in [0.1, 0.15) is 12.1 Å². The van der Waals surface area contributed by atoms with Crippen molar-refractivity contribution in [2.45, 2.75) is 32.7 Å². The fourth-order valence-corrected chi connectivity index (χ4v) is 2.55. The molecule has 2 N–H and O–H groups in total. The molecule has 0 aliphatic rings. The van der Waals surface area contributed by atoms with Crippen molar-refractivity contribution in [3.05, 3.63) is 30.6 Å². The first-order valence-corrected chi connectivity index (χ1v) is 6.98. The predicted octanol–water partition coefficient (Wildman–Crippen LogP) is 2.58. The predicted molar refractivity (Wildman–Crippen MR) is 80.3 cm³/mol. The maximum absolute atomic E-state index is 5.77. The van der Waals surface area contributed by atoms with Gasteiger partial charge in [0.15, 0.2) is 0 Å². The van der Waals surface area contributed by atoms with E-state index in [9.17, 15) is 0 Å². The van der Waals surface area contributed by atoms with Gasteiger partial charge in [-0.1, -0.05) is 26.0 Å². The highest BCUT2D eigenvalue weighted by Crippen LogP contribution is 2.25. The molecule has 0 radical (unpaired) electrons. The second-order valence-corrected chi connectivity index (χ2v) is 4.67. The minimum Gasteiger partial charge on any atom is -0.352 e. The van der Waals surface area contributed by atoms with E-state index in [-0.39, 0.29) is 0 Å². The quantitative estimate of drug-likeness (QED) is 0.865. The molecule has 0 saturated carbocycles. The zero-order chi connectivity index (χ0) is 13.7. The smallest absolute Gasteiger partial charge is 0.140 e. The van der Waals surface area contributed by atoms with E-state index in [0.29, 0.717) is 12.6 Å². The lowest BCUT2D eigenvalue weighted by Crippen LogP contribution is -2.39. The minimum absolute atomic E-state index is 0.474. The Morgan fingerprint density at radius 1 is 1.16 bits per heavy atom. The number of rotatable bonds is 6. The number of nitrogens with two attached hydrogens (primary N) is 1. The van der Waals surface area contributed by atoms with E-state index in [0.717, 1.165) is 36.1 Å². The fourth-order valence-electron chi connectivity index (χ4n) is 2.55. The third-order valence-corrected chi connectivity index (χ3v) is 3.55. The molecule has 1 aromatic heterocycles. The lowest BCUT2D eigenvalue weighted by atomic mass is 10.1. The number of anilines is 1. The van der Waals surface area contributed by atoms with Crippen LogP contribution in [0.4, 0.5) is 5.82 Å². The molecule has 2 rings (SSSR count). The van der Waals surface area contributed by atoms with Crippen molar-refractivity contribution in [2.75, 3.05) is 18.0 Å². The van der Waals surface area contributed by atoms with Crippen molar-refractivity contribution in [1.29, 1.82) is 0 Å². The summed E-state index contributed by atoms with van der Waals surface area (Å²) in [6, 6.07) is 8.61. The first kappa shape index (κ1) is 13.7. The van der Waals surface area contributed by atoms with Gasteiger partial charge in [-0.15, -0.1) is 0 Å². The van der Waals surface area contributed by atoms with E-state index in [1.54, 1.807) is 6.33 Å².